The lowest BCUT2D eigenvalue weighted by Gasteiger charge is -2.26. The Kier molecular flexibility index (Phi) is 5.36. The van der Waals surface area contributed by atoms with Crippen molar-refractivity contribution in [1.29, 1.82) is 0 Å². The fraction of sp³-hybridized carbons (Fsp3) is 0.227. The standard InChI is InChI=1S/C22H20ClN3O3/c23-10-4-11-25-12-9-16-13-15(7-8-19(16)25)14-18-20(27)24-22(29)26(21(18)28)17-5-2-1-3-6-17/h1-3,5-8,13-14H,4,9-12H2,(H,24,27,29)/b18-14+. The number of alkyl halides is 1. The quantitative estimate of drug-likeness (QED) is 0.467. The number of carbonyl (C=O) groups excluding carboxylic acids is 3. The van der Waals surface area contributed by atoms with Gasteiger partial charge in [-0.3, -0.25) is 14.9 Å². The smallest absolute Gasteiger partial charge is 0.335 e. The van der Waals surface area contributed by atoms with Crippen LogP contribution in [0.4, 0.5) is 16.2 Å². The second kappa shape index (κ2) is 8.09. The predicted molar refractivity (Wildman–Crippen MR) is 113 cm³/mol. The number of barbiturate groups is 1. The number of carbonyl (C=O) groups is 3. The number of benzene rings is 2. The first-order chi connectivity index (χ1) is 14.1. The Hall–Kier alpha value is -3.12. The largest absolute Gasteiger partial charge is 0.371 e. The van der Waals surface area contributed by atoms with E-state index in [0.717, 1.165) is 42.1 Å². The molecule has 7 heteroatoms. The molecule has 0 saturated carbocycles. The van der Waals surface area contributed by atoms with Gasteiger partial charge in [0.2, 0.25) is 0 Å². The lowest BCUT2D eigenvalue weighted by molar-refractivity contribution is -0.122. The number of hydrogen-bond donors (Lipinski definition) is 1. The van der Waals surface area contributed by atoms with Crippen LogP contribution in [0, 0.1) is 0 Å². The lowest BCUT2D eigenvalue weighted by Crippen LogP contribution is -2.54. The first-order valence-electron chi connectivity index (χ1n) is 9.49. The van der Waals surface area contributed by atoms with Crippen molar-refractivity contribution in [2.45, 2.75) is 12.8 Å². The van der Waals surface area contributed by atoms with Crippen LogP contribution in [-0.2, 0) is 16.0 Å². The monoisotopic (exact) mass is 409 g/mol. The molecule has 0 bridgehead atoms. The zero-order valence-electron chi connectivity index (χ0n) is 15.7. The van der Waals surface area contributed by atoms with Crippen molar-refractivity contribution >= 4 is 46.9 Å². The minimum Gasteiger partial charge on any atom is -0.371 e. The number of hydrogen-bond acceptors (Lipinski definition) is 4. The van der Waals surface area contributed by atoms with E-state index in [1.54, 1.807) is 36.4 Å². The third-order valence-electron chi connectivity index (χ3n) is 5.08. The number of para-hydroxylation sites is 1. The molecule has 0 aliphatic carbocycles. The minimum atomic E-state index is -0.743. The van der Waals surface area contributed by atoms with Gasteiger partial charge in [0.15, 0.2) is 0 Å². The van der Waals surface area contributed by atoms with Crippen LogP contribution >= 0.6 is 11.6 Å². The maximum Gasteiger partial charge on any atom is 0.335 e. The summed E-state index contributed by atoms with van der Waals surface area (Å²) in [4.78, 5) is 40.7. The number of halogens is 1. The number of nitrogens with one attached hydrogen (secondary N) is 1. The summed E-state index contributed by atoms with van der Waals surface area (Å²) in [6.45, 7) is 1.84. The van der Waals surface area contributed by atoms with Crippen molar-refractivity contribution in [2.24, 2.45) is 0 Å². The number of urea groups is 1. The van der Waals surface area contributed by atoms with Crippen LogP contribution in [0.25, 0.3) is 6.08 Å². The molecule has 0 aromatic heterocycles. The third kappa shape index (κ3) is 3.76. The molecule has 148 valence electrons. The van der Waals surface area contributed by atoms with E-state index in [2.05, 4.69) is 10.2 Å². The summed E-state index contributed by atoms with van der Waals surface area (Å²) in [5.41, 5.74) is 3.44. The van der Waals surface area contributed by atoms with Gasteiger partial charge in [-0.2, -0.15) is 0 Å². The summed E-state index contributed by atoms with van der Waals surface area (Å²) in [6, 6.07) is 13.7. The Balaban J connectivity index is 1.63. The summed E-state index contributed by atoms with van der Waals surface area (Å²) in [5.74, 6) is -0.685. The van der Waals surface area contributed by atoms with Gasteiger partial charge in [-0.15, -0.1) is 11.6 Å². The maximum atomic E-state index is 12.9. The number of nitrogens with zero attached hydrogens (tertiary/aromatic N) is 2. The van der Waals surface area contributed by atoms with Gasteiger partial charge in [-0.1, -0.05) is 24.3 Å². The van der Waals surface area contributed by atoms with E-state index in [9.17, 15) is 14.4 Å². The molecule has 2 heterocycles. The van der Waals surface area contributed by atoms with E-state index in [-0.39, 0.29) is 5.57 Å². The molecule has 4 amide bonds. The summed E-state index contributed by atoms with van der Waals surface area (Å²) in [5, 5.41) is 2.25. The fourth-order valence-electron chi connectivity index (χ4n) is 3.70. The molecular formula is C22H20ClN3O3. The molecule has 6 nitrogen and oxygen atoms in total. The van der Waals surface area contributed by atoms with Crippen molar-refractivity contribution in [3.05, 3.63) is 65.2 Å². The normalized spacial score (nSPS) is 17.7. The highest BCUT2D eigenvalue weighted by Gasteiger charge is 2.36. The molecule has 1 saturated heterocycles. The van der Waals surface area contributed by atoms with Crippen LogP contribution in [0.1, 0.15) is 17.5 Å². The van der Waals surface area contributed by atoms with E-state index in [4.69, 9.17) is 11.6 Å². The molecule has 29 heavy (non-hydrogen) atoms. The van der Waals surface area contributed by atoms with Gasteiger partial charge >= 0.3 is 6.03 Å². The summed E-state index contributed by atoms with van der Waals surface area (Å²) in [7, 11) is 0. The zero-order chi connectivity index (χ0) is 20.4. The molecule has 0 radical (unpaired) electrons. The topological polar surface area (TPSA) is 69.7 Å². The molecule has 2 aromatic rings. The van der Waals surface area contributed by atoms with Crippen LogP contribution < -0.4 is 15.1 Å². The van der Waals surface area contributed by atoms with E-state index in [1.165, 1.54) is 5.56 Å². The van der Waals surface area contributed by atoms with E-state index in [1.807, 2.05) is 18.2 Å². The molecule has 2 aliphatic heterocycles. The average Bonchev–Trinajstić information content (AvgIpc) is 3.12. The van der Waals surface area contributed by atoms with Crippen LogP contribution in [0.5, 0.6) is 0 Å². The fourth-order valence-corrected chi connectivity index (χ4v) is 3.82. The molecule has 2 aliphatic rings. The van der Waals surface area contributed by atoms with Gasteiger partial charge in [-0.05, 0) is 54.3 Å². The Morgan fingerprint density at radius 1 is 1.07 bits per heavy atom. The zero-order valence-corrected chi connectivity index (χ0v) is 16.5. The second-order valence-electron chi connectivity index (χ2n) is 6.96. The SMILES string of the molecule is O=C1NC(=O)N(c2ccccc2)C(=O)/C1=C/c1ccc2c(c1)CCN2CCCCl. The van der Waals surface area contributed by atoms with Crippen molar-refractivity contribution < 1.29 is 14.4 Å². The van der Waals surface area contributed by atoms with E-state index < -0.39 is 17.8 Å². The summed E-state index contributed by atoms with van der Waals surface area (Å²) < 4.78 is 0. The second-order valence-corrected chi connectivity index (χ2v) is 7.34. The molecule has 0 unspecified atom stereocenters. The molecule has 1 fully saturated rings. The highest BCUT2D eigenvalue weighted by atomic mass is 35.5. The number of imide groups is 2. The molecule has 0 atom stereocenters. The van der Waals surface area contributed by atoms with Crippen LogP contribution in [0.15, 0.2) is 54.1 Å². The van der Waals surface area contributed by atoms with Crippen LogP contribution in [0.2, 0.25) is 0 Å². The van der Waals surface area contributed by atoms with Gasteiger partial charge in [0.25, 0.3) is 11.8 Å². The van der Waals surface area contributed by atoms with Crippen molar-refractivity contribution in [3.8, 4) is 0 Å². The molecule has 1 N–H and O–H groups in total. The molecular weight excluding hydrogens is 390 g/mol. The summed E-state index contributed by atoms with van der Waals surface area (Å²) >= 11 is 5.80. The highest BCUT2D eigenvalue weighted by molar-refractivity contribution is 6.39. The lowest BCUT2D eigenvalue weighted by atomic mass is 10.0. The number of fused-ring (bicyclic) bond motifs is 1. The average molecular weight is 410 g/mol. The first kappa shape index (κ1) is 19.2. The number of anilines is 2. The Morgan fingerprint density at radius 3 is 2.62 bits per heavy atom. The third-order valence-corrected chi connectivity index (χ3v) is 5.35. The molecule has 2 aromatic carbocycles. The molecule has 4 rings (SSSR count). The highest BCUT2D eigenvalue weighted by Crippen LogP contribution is 2.30. The van der Waals surface area contributed by atoms with Crippen LogP contribution in [0.3, 0.4) is 0 Å². The van der Waals surface area contributed by atoms with Crippen LogP contribution in [-0.4, -0.2) is 36.8 Å². The first-order valence-corrected chi connectivity index (χ1v) is 10.0. The van der Waals surface area contributed by atoms with Gasteiger partial charge in [-0.25, -0.2) is 9.69 Å². The van der Waals surface area contributed by atoms with Crippen molar-refractivity contribution in [1.82, 2.24) is 5.32 Å². The van der Waals surface area contributed by atoms with Gasteiger partial charge in [0.1, 0.15) is 5.57 Å². The van der Waals surface area contributed by atoms with Crippen molar-refractivity contribution in [2.75, 3.05) is 28.8 Å². The molecule has 0 spiro atoms. The Morgan fingerprint density at radius 2 is 1.86 bits per heavy atom. The predicted octanol–water partition coefficient (Wildman–Crippen LogP) is 3.34. The number of rotatable bonds is 5. The number of amides is 4. The maximum absolute atomic E-state index is 12.9. The minimum absolute atomic E-state index is 0.0644. The van der Waals surface area contributed by atoms with Gasteiger partial charge in [0.05, 0.1) is 5.69 Å². The van der Waals surface area contributed by atoms with Gasteiger partial charge < -0.3 is 4.90 Å². The van der Waals surface area contributed by atoms with E-state index >= 15 is 0 Å². The Labute approximate surface area is 173 Å². The van der Waals surface area contributed by atoms with E-state index in [0.29, 0.717) is 11.6 Å². The Bertz CT molecular complexity index is 1000. The summed E-state index contributed by atoms with van der Waals surface area (Å²) in [6.07, 6.45) is 3.37. The van der Waals surface area contributed by atoms with Gasteiger partial charge in [0, 0.05) is 24.7 Å². The van der Waals surface area contributed by atoms with Crippen molar-refractivity contribution in [3.63, 3.8) is 0 Å².